The van der Waals surface area contributed by atoms with Crippen LogP contribution in [0.1, 0.15) is 11.1 Å². The second-order valence-corrected chi connectivity index (χ2v) is 11.4. The maximum absolute atomic E-state index is 10.7. The lowest BCUT2D eigenvalue weighted by Crippen LogP contribution is -2.04. The number of benzene rings is 5. The number of hydrogen-bond acceptors (Lipinski definition) is 3. The standard InChI is InChI=1S/C18H15S.C13H12O3S/c1-4-10-16(11-5-1)19(17-12-6-2-7-13-17)18-14-8-3-9-15-18;14-17(15,16)13-8-6-12(7-9-13)10-11-4-2-1-3-5-11/h1-15H;1-9H,10H2,(H,14,15,16)/q+1;/p-1. The maximum atomic E-state index is 10.7. The first-order valence-electron chi connectivity index (χ1n) is 11.5. The minimum absolute atomic E-state index is 0.0146. The molecule has 0 aromatic heterocycles. The molecule has 0 unspecified atom stereocenters. The first-order valence-corrected chi connectivity index (χ1v) is 14.1. The quantitative estimate of drug-likeness (QED) is 0.183. The van der Waals surface area contributed by atoms with E-state index in [1.54, 1.807) is 12.1 Å². The van der Waals surface area contributed by atoms with Crippen LogP contribution in [0.5, 0.6) is 0 Å². The molecule has 0 amide bonds. The Morgan fingerprint density at radius 1 is 0.472 bits per heavy atom. The van der Waals surface area contributed by atoms with Gasteiger partial charge >= 0.3 is 0 Å². The SMILES string of the molecule is O=S(=O)([O-])c1ccc(Cc2ccccc2)cc1.c1ccc([S+](c2ccccc2)c2ccccc2)cc1. The minimum atomic E-state index is -4.34. The summed E-state index contributed by atoms with van der Waals surface area (Å²) in [7, 11) is -4.36. The summed E-state index contributed by atoms with van der Waals surface area (Å²) in [5.41, 5.74) is 2.12. The minimum Gasteiger partial charge on any atom is -0.744 e. The molecule has 5 aromatic rings. The van der Waals surface area contributed by atoms with Crippen LogP contribution in [0.2, 0.25) is 0 Å². The van der Waals surface area contributed by atoms with Gasteiger partial charge in [0.1, 0.15) is 10.1 Å². The van der Waals surface area contributed by atoms with Gasteiger partial charge in [-0.2, -0.15) is 0 Å². The highest BCUT2D eigenvalue weighted by Gasteiger charge is 2.27. The summed E-state index contributed by atoms with van der Waals surface area (Å²) in [5, 5.41) is 0. The van der Waals surface area contributed by atoms with E-state index in [1.807, 2.05) is 30.3 Å². The van der Waals surface area contributed by atoms with Crippen molar-refractivity contribution in [2.24, 2.45) is 0 Å². The highest BCUT2D eigenvalue weighted by Crippen LogP contribution is 2.30. The third-order valence-electron chi connectivity index (χ3n) is 5.40. The van der Waals surface area contributed by atoms with Gasteiger partial charge in [0.25, 0.3) is 0 Å². The Kier molecular flexibility index (Phi) is 8.74. The van der Waals surface area contributed by atoms with E-state index in [9.17, 15) is 13.0 Å². The highest BCUT2D eigenvalue weighted by molar-refractivity contribution is 7.97. The number of rotatable bonds is 6. The number of hydrogen-bond donors (Lipinski definition) is 0. The highest BCUT2D eigenvalue weighted by atomic mass is 32.2. The van der Waals surface area contributed by atoms with Crippen molar-refractivity contribution >= 4 is 21.0 Å². The van der Waals surface area contributed by atoms with E-state index in [-0.39, 0.29) is 15.8 Å². The van der Waals surface area contributed by atoms with Crippen LogP contribution in [0.15, 0.2) is 165 Å². The molecule has 0 aliphatic rings. The van der Waals surface area contributed by atoms with Crippen molar-refractivity contribution in [2.75, 3.05) is 0 Å². The fourth-order valence-corrected chi connectivity index (χ4v) is 6.26. The van der Waals surface area contributed by atoms with Crippen molar-refractivity contribution in [3.05, 3.63) is 157 Å². The van der Waals surface area contributed by atoms with Gasteiger partial charge in [-0.15, -0.1) is 0 Å². The van der Waals surface area contributed by atoms with Gasteiger partial charge in [-0.25, -0.2) is 8.42 Å². The van der Waals surface area contributed by atoms with Crippen molar-refractivity contribution in [1.82, 2.24) is 0 Å². The first kappa shape index (κ1) is 25.5. The van der Waals surface area contributed by atoms with Gasteiger partial charge in [-0.3, -0.25) is 0 Å². The molecule has 5 heteroatoms. The van der Waals surface area contributed by atoms with E-state index in [0.717, 1.165) is 17.5 Å². The normalized spacial score (nSPS) is 10.9. The largest absolute Gasteiger partial charge is 0.744 e. The molecule has 0 heterocycles. The average Bonchev–Trinajstić information content (AvgIpc) is 2.92. The molecule has 0 fully saturated rings. The van der Waals surface area contributed by atoms with Crippen LogP contribution in [-0.2, 0) is 27.4 Å². The molecule has 0 saturated heterocycles. The zero-order valence-corrected chi connectivity index (χ0v) is 21.2. The predicted octanol–water partition coefficient (Wildman–Crippen LogP) is 6.96. The Hall–Kier alpha value is -3.64. The molecule has 0 spiro atoms. The van der Waals surface area contributed by atoms with E-state index in [1.165, 1.54) is 26.8 Å². The van der Waals surface area contributed by atoms with Gasteiger partial charge in [0, 0.05) is 0 Å². The third kappa shape index (κ3) is 7.18. The van der Waals surface area contributed by atoms with Crippen molar-refractivity contribution in [3.8, 4) is 0 Å². The Morgan fingerprint density at radius 3 is 1.17 bits per heavy atom. The van der Waals surface area contributed by atoms with Crippen LogP contribution in [-0.4, -0.2) is 13.0 Å². The van der Waals surface area contributed by atoms with Crippen molar-refractivity contribution in [2.45, 2.75) is 26.0 Å². The molecule has 5 rings (SSSR count). The lowest BCUT2D eigenvalue weighted by Gasteiger charge is -2.07. The Labute approximate surface area is 216 Å². The van der Waals surface area contributed by atoms with Crippen LogP contribution in [0.3, 0.4) is 0 Å². The molecule has 0 bridgehead atoms. The molecule has 5 aromatic carbocycles. The zero-order valence-electron chi connectivity index (χ0n) is 19.6. The zero-order chi connectivity index (χ0) is 25.2. The second kappa shape index (κ2) is 12.4. The topological polar surface area (TPSA) is 57.2 Å². The summed E-state index contributed by atoms with van der Waals surface area (Å²) in [6.45, 7) is 0. The molecule has 0 aliphatic carbocycles. The van der Waals surface area contributed by atoms with Gasteiger partial charge < -0.3 is 4.55 Å². The van der Waals surface area contributed by atoms with E-state index in [0.29, 0.717) is 0 Å². The molecule has 0 aliphatic heterocycles. The van der Waals surface area contributed by atoms with Crippen molar-refractivity contribution in [3.63, 3.8) is 0 Å². The summed E-state index contributed by atoms with van der Waals surface area (Å²) in [6.07, 6.45) is 0.722. The molecule has 180 valence electrons. The molecule has 3 nitrogen and oxygen atoms in total. The Morgan fingerprint density at radius 2 is 0.806 bits per heavy atom. The second-order valence-electron chi connectivity index (χ2n) is 8.01. The molecule has 0 N–H and O–H groups in total. The van der Waals surface area contributed by atoms with Gasteiger partial charge in [0.15, 0.2) is 14.7 Å². The van der Waals surface area contributed by atoms with E-state index < -0.39 is 10.1 Å². The van der Waals surface area contributed by atoms with E-state index >= 15 is 0 Å². The summed E-state index contributed by atoms with van der Waals surface area (Å²) in [5.74, 6) is 0. The summed E-state index contributed by atoms with van der Waals surface area (Å²) in [4.78, 5) is 3.90. The predicted molar refractivity (Wildman–Crippen MR) is 145 cm³/mol. The van der Waals surface area contributed by atoms with Crippen molar-refractivity contribution in [1.29, 1.82) is 0 Å². The maximum Gasteiger partial charge on any atom is 0.166 e. The van der Waals surface area contributed by atoms with Gasteiger partial charge in [-0.1, -0.05) is 97.1 Å². The molecular formula is C31H26O3S2. The smallest absolute Gasteiger partial charge is 0.166 e. The lowest BCUT2D eigenvalue weighted by atomic mass is 10.1. The van der Waals surface area contributed by atoms with Crippen LogP contribution in [0.4, 0.5) is 0 Å². The Bertz CT molecular complexity index is 1340. The molecule has 36 heavy (non-hydrogen) atoms. The molecule has 0 saturated carbocycles. The van der Waals surface area contributed by atoms with Crippen molar-refractivity contribution < 1.29 is 13.0 Å². The van der Waals surface area contributed by atoms with E-state index in [2.05, 4.69) is 91.0 Å². The van der Waals surface area contributed by atoms with Gasteiger partial charge in [0.2, 0.25) is 0 Å². The molecule has 0 atom stereocenters. The average molecular weight is 511 g/mol. The van der Waals surface area contributed by atoms with Gasteiger partial charge in [0.05, 0.1) is 15.8 Å². The fraction of sp³-hybridized carbons (Fsp3) is 0.0323. The summed E-state index contributed by atoms with van der Waals surface area (Å²) < 4.78 is 32.2. The first-order chi connectivity index (χ1) is 17.5. The lowest BCUT2D eigenvalue weighted by molar-refractivity contribution is 0.463. The van der Waals surface area contributed by atoms with Crippen LogP contribution >= 0.6 is 0 Å². The van der Waals surface area contributed by atoms with Crippen LogP contribution in [0.25, 0.3) is 0 Å². The fourth-order valence-electron chi connectivity index (χ4n) is 3.68. The summed E-state index contributed by atoms with van der Waals surface area (Å²) in [6, 6.07) is 48.0. The van der Waals surface area contributed by atoms with Crippen LogP contribution < -0.4 is 0 Å². The third-order valence-corrected chi connectivity index (χ3v) is 8.48. The molecule has 0 radical (unpaired) electrons. The van der Waals surface area contributed by atoms with Crippen LogP contribution in [0, 0.1) is 0 Å². The van der Waals surface area contributed by atoms with Gasteiger partial charge in [-0.05, 0) is 66.1 Å². The monoisotopic (exact) mass is 510 g/mol. The molecular weight excluding hydrogens is 484 g/mol. The Balaban J connectivity index is 0.000000170. The summed E-state index contributed by atoms with van der Waals surface area (Å²) >= 11 is 0. The van der Waals surface area contributed by atoms with E-state index in [4.69, 9.17) is 0 Å².